The number of thioether (sulfide) groups is 1. The van der Waals surface area contributed by atoms with E-state index in [1.54, 1.807) is 11.3 Å². The van der Waals surface area contributed by atoms with Crippen LogP contribution in [0.1, 0.15) is 32.6 Å². The van der Waals surface area contributed by atoms with E-state index in [-0.39, 0.29) is 5.91 Å². The third-order valence-electron chi connectivity index (χ3n) is 5.05. The minimum Gasteiger partial charge on any atom is -0.325 e. The van der Waals surface area contributed by atoms with Crippen molar-refractivity contribution in [2.45, 2.75) is 30.7 Å². The van der Waals surface area contributed by atoms with Crippen molar-refractivity contribution in [3.05, 3.63) is 93.4 Å². The molecule has 5 nitrogen and oxygen atoms in total. The van der Waals surface area contributed by atoms with E-state index in [2.05, 4.69) is 27.0 Å². The van der Waals surface area contributed by atoms with Crippen LogP contribution in [0.5, 0.6) is 0 Å². The Labute approximate surface area is 190 Å². The van der Waals surface area contributed by atoms with Crippen LogP contribution in [0.15, 0.2) is 71.2 Å². The van der Waals surface area contributed by atoms with Crippen LogP contribution in [0, 0.1) is 13.8 Å². The third kappa shape index (κ3) is 5.06. The maximum atomic E-state index is 13.4. The lowest BCUT2D eigenvalue weighted by atomic mass is 10.1. The summed E-state index contributed by atoms with van der Waals surface area (Å²) in [4.78, 5) is 14.6. The average Bonchev–Trinajstić information content (AvgIpc) is 3.40. The highest BCUT2D eigenvalue weighted by molar-refractivity contribution is 8.00. The van der Waals surface area contributed by atoms with Gasteiger partial charge >= 0.3 is 0 Å². The molecule has 0 aliphatic carbocycles. The predicted octanol–water partition coefficient (Wildman–Crippen LogP) is 5.56. The SMILES string of the molecule is Cc1ccc(C)c(NC(=O)[C@H](Sc2nnc(Cc3cccs3)n2C)c2ccccc2)c1. The van der Waals surface area contributed by atoms with Crippen LogP contribution in [-0.4, -0.2) is 20.7 Å². The summed E-state index contributed by atoms with van der Waals surface area (Å²) >= 11 is 3.12. The first kappa shape index (κ1) is 21.3. The van der Waals surface area contributed by atoms with Gasteiger partial charge in [0.2, 0.25) is 5.91 Å². The Morgan fingerprint density at radius 1 is 1.10 bits per heavy atom. The molecular weight excluding hydrogens is 424 g/mol. The van der Waals surface area contributed by atoms with Gasteiger partial charge in [0.15, 0.2) is 5.16 Å². The van der Waals surface area contributed by atoms with Crippen LogP contribution in [-0.2, 0) is 18.3 Å². The molecule has 7 heteroatoms. The summed E-state index contributed by atoms with van der Waals surface area (Å²) < 4.78 is 1.98. The molecule has 0 aliphatic rings. The van der Waals surface area contributed by atoms with E-state index in [0.717, 1.165) is 39.8 Å². The molecule has 0 radical (unpaired) electrons. The molecule has 31 heavy (non-hydrogen) atoms. The van der Waals surface area contributed by atoms with Crippen molar-refractivity contribution in [3.63, 3.8) is 0 Å². The Morgan fingerprint density at radius 2 is 1.90 bits per heavy atom. The lowest BCUT2D eigenvalue weighted by Crippen LogP contribution is -2.20. The van der Waals surface area contributed by atoms with E-state index >= 15 is 0 Å². The molecule has 4 rings (SSSR count). The molecule has 0 bridgehead atoms. The quantitative estimate of drug-likeness (QED) is 0.376. The zero-order valence-corrected chi connectivity index (χ0v) is 19.3. The molecule has 2 aromatic carbocycles. The minimum absolute atomic E-state index is 0.0762. The number of amides is 1. The number of rotatable bonds is 7. The van der Waals surface area contributed by atoms with Gasteiger partial charge in [0.05, 0.1) is 0 Å². The molecule has 0 spiro atoms. The van der Waals surface area contributed by atoms with Gasteiger partial charge in [-0.1, -0.05) is 60.3 Å². The topological polar surface area (TPSA) is 59.8 Å². The van der Waals surface area contributed by atoms with E-state index in [9.17, 15) is 4.79 Å². The van der Waals surface area contributed by atoms with Gasteiger partial charge in [0.25, 0.3) is 0 Å². The number of aryl methyl sites for hydroxylation is 2. The number of hydrogen-bond donors (Lipinski definition) is 1. The molecule has 0 unspecified atom stereocenters. The highest BCUT2D eigenvalue weighted by Gasteiger charge is 2.25. The number of thiophene rings is 1. The van der Waals surface area contributed by atoms with Gasteiger partial charge in [0, 0.05) is 24.0 Å². The molecule has 0 fully saturated rings. The number of anilines is 1. The summed E-state index contributed by atoms with van der Waals surface area (Å²) in [6.45, 7) is 4.02. The lowest BCUT2D eigenvalue weighted by molar-refractivity contribution is -0.115. The fourth-order valence-electron chi connectivity index (χ4n) is 3.25. The van der Waals surface area contributed by atoms with Crippen LogP contribution in [0.3, 0.4) is 0 Å². The molecular formula is C24H24N4OS2. The van der Waals surface area contributed by atoms with Crippen molar-refractivity contribution in [2.75, 3.05) is 5.32 Å². The molecule has 2 aromatic heterocycles. The minimum atomic E-state index is -0.446. The first-order chi connectivity index (χ1) is 15.0. The van der Waals surface area contributed by atoms with Crippen molar-refractivity contribution in [3.8, 4) is 0 Å². The number of aromatic nitrogens is 3. The van der Waals surface area contributed by atoms with Gasteiger partial charge in [-0.05, 0) is 48.1 Å². The number of carbonyl (C=O) groups is 1. The van der Waals surface area contributed by atoms with Crippen LogP contribution >= 0.6 is 23.1 Å². The van der Waals surface area contributed by atoms with E-state index in [0.29, 0.717) is 0 Å². The van der Waals surface area contributed by atoms with Crippen molar-refractivity contribution in [1.82, 2.24) is 14.8 Å². The van der Waals surface area contributed by atoms with Crippen LogP contribution < -0.4 is 5.32 Å². The predicted molar refractivity (Wildman–Crippen MR) is 128 cm³/mol. The second-order valence-corrected chi connectivity index (χ2v) is 9.53. The Balaban J connectivity index is 1.60. The first-order valence-electron chi connectivity index (χ1n) is 10.0. The molecule has 4 aromatic rings. The van der Waals surface area contributed by atoms with Crippen molar-refractivity contribution in [2.24, 2.45) is 7.05 Å². The summed E-state index contributed by atoms with van der Waals surface area (Å²) in [6.07, 6.45) is 0.729. The number of benzene rings is 2. The van der Waals surface area contributed by atoms with Gasteiger partial charge < -0.3 is 9.88 Å². The molecule has 0 aliphatic heterocycles. The molecule has 1 N–H and O–H groups in total. The van der Waals surface area contributed by atoms with Crippen molar-refractivity contribution in [1.29, 1.82) is 0 Å². The average molecular weight is 449 g/mol. The van der Waals surface area contributed by atoms with Crippen molar-refractivity contribution < 1.29 is 4.79 Å². The van der Waals surface area contributed by atoms with Gasteiger partial charge in [-0.2, -0.15) is 0 Å². The fraction of sp³-hybridized carbons (Fsp3) is 0.208. The van der Waals surface area contributed by atoms with Crippen molar-refractivity contribution >= 4 is 34.7 Å². The Hall–Kier alpha value is -2.90. The first-order valence-corrected chi connectivity index (χ1v) is 11.8. The highest BCUT2D eigenvalue weighted by Crippen LogP contribution is 2.36. The second kappa shape index (κ2) is 9.49. The smallest absolute Gasteiger partial charge is 0.242 e. The zero-order chi connectivity index (χ0) is 21.8. The summed E-state index contributed by atoms with van der Waals surface area (Å²) in [5.41, 5.74) is 3.91. The van der Waals surface area contributed by atoms with Gasteiger partial charge in [-0.3, -0.25) is 4.79 Å². The summed E-state index contributed by atoms with van der Waals surface area (Å²) in [5, 5.41) is 14.2. The molecule has 0 saturated heterocycles. The van der Waals surface area contributed by atoms with Gasteiger partial charge in [-0.15, -0.1) is 21.5 Å². The highest BCUT2D eigenvalue weighted by atomic mass is 32.2. The lowest BCUT2D eigenvalue weighted by Gasteiger charge is -2.18. The number of nitrogens with one attached hydrogen (secondary N) is 1. The maximum absolute atomic E-state index is 13.4. The second-order valence-electron chi connectivity index (χ2n) is 7.43. The van der Waals surface area contributed by atoms with Gasteiger partial charge in [-0.25, -0.2) is 0 Å². The Bertz CT molecular complexity index is 1170. The maximum Gasteiger partial charge on any atom is 0.242 e. The Kier molecular flexibility index (Phi) is 6.53. The molecule has 0 saturated carbocycles. The van der Waals surface area contributed by atoms with E-state index in [4.69, 9.17) is 0 Å². The molecule has 1 amide bonds. The third-order valence-corrected chi connectivity index (χ3v) is 7.22. The van der Waals surface area contributed by atoms with E-state index in [1.165, 1.54) is 16.6 Å². The largest absolute Gasteiger partial charge is 0.325 e. The van der Waals surface area contributed by atoms with Crippen LogP contribution in [0.4, 0.5) is 5.69 Å². The summed E-state index contributed by atoms with van der Waals surface area (Å²) in [7, 11) is 1.95. The standard InChI is InChI=1S/C24H24N4OS2/c1-16-11-12-17(2)20(14-16)25-23(29)22(18-8-5-4-6-9-18)31-24-27-26-21(28(24)3)15-19-10-7-13-30-19/h4-14,22H,15H2,1-3H3,(H,25,29)/t22-/m1/s1. The van der Waals surface area contributed by atoms with Crippen LogP contribution in [0.2, 0.25) is 0 Å². The summed E-state index contributed by atoms with van der Waals surface area (Å²) in [5.74, 6) is 0.805. The number of hydrogen-bond acceptors (Lipinski definition) is 5. The summed E-state index contributed by atoms with van der Waals surface area (Å²) in [6, 6.07) is 20.0. The monoisotopic (exact) mass is 448 g/mol. The van der Waals surface area contributed by atoms with E-state index < -0.39 is 5.25 Å². The molecule has 158 valence electrons. The van der Waals surface area contributed by atoms with E-state index in [1.807, 2.05) is 80.1 Å². The molecule has 1 atom stereocenters. The zero-order valence-electron chi connectivity index (χ0n) is 17.7. The number of nitrogens with zero attached hydrogens (tertiary/aromatic N) is 3. The Morgan fingerprint density at radius 3 is 2.65 bits per heavy atom. The van der Waals surface area contributed by atoms with Crippen LogP contribution in [0.25, 0.3) is 0 Å². The number of carbonyl (C=O) groups excluding carboxylic acids is 1. The normalized spacial score (nSPS) is 12.0. The fourth-order valence-corrected chi connectivity index (χ4v) is 4.97. The molecule has 2 heterocycles. The van der Waals surface area contributed by atoms with Gasteiger partial charge in [0.1, 0.15) is 11.1 Å².